The smallest absolute Gasteiger partial charge is 0.309 e. The van der Waals surface area contributed by atoms with E-state index in [9.17, 15) is 4.79 Å². The lowest BCUT2D eigenvalue weighted by molar-refractivity contribution is -0.162. The van der Waals surface area contributed by atoms with Crippen LogP contribution in [0.25, 0.3) is 10.9 Å². The van der Waals surface area contributed by atoms with Gasteiger partial charge in [0.2, 0.25) is 0 Å². The van der Waals surface area contributed by atoms with Gasteiger partial charge < -0.3 is 9.64 Å². The Kier molecular flexibility index (Phi) is 5.50. The van der Waals surface area contributed by atoms with Gasteiger partial charge >= 0.3 is 5.97 Å². The molecular formula is C20H24BrClN2O2. The van der Waals surface area contributed by atoms with Crippen molar-refractivity contribution in [2.75, 3.05) is 18.0 Å². The lowest BCUT2D eigenvalue weighted by atomic mass is 9.86. The number of carbonyl (C=O) groups is 1. The first-order valence-electron chi connectivity index (χ1n) is 8.87. The number of anilines is 1. The number of rotatable bonds is 2. The maximum Gasteiger partial charge on any atom is 0.309 e. The highest BCUT2D eigenvalue weighted by molar-refractivity contribution is 9.10. The number of halogens is 2. The molecule has 0 N–H and O–H groups in total. The van der Waals surface area contributed by atoms with Crippen molar-refractivity contribution in [2.24, 2.45) is 11.8 Å². The molecule has 140 valence electrons. The molecule has 6 heteroatoms. The Bertz CT molecular complexity index is 834. The summed E-state index contributed by atoms with van der Waals surface area (Å²) in [6.45, 7) is 9.36. The van der Waals surface area contributed by atoms with E-state index in [4.69, 9.17) is 16.3 Å². The Labute approximate surface area is 168 Å². The molecule has 4 nitrogen and oxygen atoms in total. The monoisotopic (exact) mass is 438 g/mol. The number of pyridine rings is 1. The zero-order valence-corrected chi connectivity index (χ0v) is 17.9. The van der Waals surface area contributed by atoms with Crippen molar-refractivity contribution in [2.45, 2.75) is 39.7 Å². The topological polar surface area (TPSA) is 42.4 Å². The average Bonchev–Trinajstić information content (AvgIpc) is 2.53. The number of hydrogen-bond donors (Lipinski definition) is 0. The number of esters is 1. The van der Waals surface area contributed by atoms with Crippen molar-refractivity contribution in [1.82, 2.24) is 4.98 Å². The number of carbonyl (C=O) groups excluding carboxylic acids is 1. The van der Waals surface area contributed by atoms with Crippen LogP contribution in [0.4, 0.5) is 5.69 Å². The lowest BCUT2D eigenvalue weighted by Gasteiger charge is -2.38. The highest BCUT2D eigenvalue weighted by Gasteiger charge is 2.35. The molecule has 0 aliphatic carbocycles. The van der Waals surface area contributed by atoms with Gasteiger partial charge in [-0.2, -0.15) is 0 Å². The van der Waals surface area contributed by atoms with E-state index in [2.05, 4.69) is 32.7 Å². The van der Waals surface area contributed by atoms with Crippen molar-refractivity contribution in [3.8, 4) is 0 Å². The molecule has 0 amide bonds. The van der Waals surface area contributed by atoms with Gasteiger partial charge in [-0.25, -0.2) is 0 Å². The SMILES string of the molecule is C[C@@H]1CN(c2c(Cl)cnc3cc(Br)ccc23)CC[C@@H]1C(=O)OC(C)(C)C. The summed E-state index contributed by atoms with van der Waals surface area (Å²) in [6.07, 6.45) is 2.46. The van der Waals surface area contributed by atoms with Crippen LogP contribution in [0.15, 0.2) is 28.9 Å². The second-order valence-corrected chi connectivity index (χ2v) is 9.29. The van der Waals surface area contributed by atoms with Crippen LogP contribution < -0.4 is 4.90 Å². The van der Waals surface area contributed by atoms with Crippen LogP contribution in [0.1, 0.15) is 34.1 Å². The standard InChI is InChI=1S/C20H24BrClN2O2/c1-12-11-24(8-7-14(12)19(25)26-20(2,3)4)18-15-6-5-13(21)9-17(15)23-10-16(18)22/h5-6,9-10,12,14H,7-8,11H2,1-4H3/t12-,14+/m1/s1. The van der Waals surface area contributed by atoms with E-state index in [0.717, 1.165) is 40.6 Å². The van der Waals surface area contributed by atoms with Crippen LogP contribution in [0.5, 0.6) is 0 Å². The van der Waals surface area contributed by atoms with Gasteiger partial charge in [0.05, 0.1) is 22.1 Å². The highest BCUT2D eigenvalue weighted by atomic mass is 79.9. The third-order valence-electron chi connectivity index (χ3n) is 4.69. The third-order valence-corrected chi connectivity index (χ3v) is 5.46. The third kappa shape index (κ3) is 4.15. The van der Waals surface area contributed by atoms with E-state index in [1.807, 2.05) is 39.0 Å². The van der Waals surface area contributed by atoms with Crippen molar-refractivity contribution in [3.05, 3.63) is 33.9 Å². The number of piperidine rings is 1. The van der Waals surface area contributed by atoms with E-state index >= 15 is 0 Å². The largest absolute Gasteiger partial charge is 0.460 e. The number of aromatic nitrogens is 1. The number of ether oxygens (including phenoxy) is 1. The molecule has 2 aromatic rings. The van der Waals surface area contributed by atoms with Crippen LogP contribution in [-0.2, 0) is 9.53 Å². The van der Waals surface area contributed by atoms with E-state index < -0.39 is 5.60 Å². The summed E-state index contributed by atoms with van der Waals surface area (Å²) in [5.74, 6) is 0.0130. The Morgan fingerprint density at radius 2 is 2.12 bits per heavy atom. The minimum Gasteiger partial charge on any atom is -0.460 e. The molecule has 0 spiro atoms. The van der Waals surface area contributed by atoms with Crippen LogP contribution in [0.3, 0.4) is 0 Å². The fourth-order valence-electron chi connectivity index (χ4n) is 3.53. The fourth-order valence-corrected chi connectivity index (χ4v) is 4.14. The number of benzene rings is 1. The normalized spacial score (nSPS) is 21.1. The Balaban J connectivity index is 1.84. The maximum atomic E-state index is 12.5. The summed E-state index contributed by atoms with van der Waals surface area (Å²) in [5, 5.41) is 1.67. The highest BCUT2D eigenvalue weighted by Crippen LogP contribution is 2.38. The summed E-state index contributed by atoms with van der Waals surface area (Å²) >= 11 is 9.99. The first-order chi connectivity index (χ1) is 12.2. The number of fused-ring (bicyclic) bond motifs is 1. The van der Waals surface area contributed by atoms with Gasteiger partial charge in [0, 0.05) is 29.1 Å². The molecule has 0 saturated carbocycles. The second-order valence-electron chi connectivity index (χ2n) is 7.97. The molecule has 0 bridgehead atoms. The molecule has 0 unspecified atom stereocenters. The first kappa shape index (κ1) is 19.4. The van der Waals surface area contributed by atoms with Gasteiger partial charge in [-0.05, 0) is 51.3 Å². The van der Waals surface area contributed by atoms with Gasteiger partial charge in [-0.1, -0.05) is 34.5 Å². The van der Waals surface area contributed by atoms with Crippen molar-refractivity contribution >= 4 is 50.1 Å². The minimum absolute atomic E-state index is 0.0773. The van der Waals surface area contributed by atoms with Gasteiger partial charge in [-0.3, -0.25) is 9.78 Å². The molecule has 2 heterocycles. The fraction of sp³-hybridized carbons (Fsp3) is 0.500. The molecule has 26 heavy (non-hydrogen) atoms. The predicted octanol–water partition coefficient (Wildman–Crippen LogP) is 5.45. The van der Waals surface area contributed by atoms with E-state index in [-0.39, 0.29) is 17.8 Å². The minimum atomic E-state index is -0.452. The van der Waals surface area contributed by atoms with Crippen LogP contribution in [0.2, 0.25) is 5.02 Å². The zero-order chi connectivity index (χ0) is 19.1. The molecule has 1 aromatic heterocycles. The Morgan fingerprint density at radius 1 is 1.38 bits per heavy atom. The van der Waals surface area contributed by atoms with E-state index in [1.54, 1.807) is 6.20 Å². The molecule has 0 radical (unpaired) electrons. The first-order valence-corrected chi connectivity index (χ1v) is 10.0. The van der Waals surface area contributed by atoms with Crippen molar-refractivity contribution in [3.63, 3.8) is 0 Å². The molecule has 2 atom stereocenters. The van der Waals surface area contributed by atoms with Crippen molar-refractivity contribution in [1.29, 1.82) is 0 Å². The predicted molar refractivity (Wildman–Crippen MR) is 110 cm³/mol. The number of nitrogens with zero attached hydrogens (tertiary/aromatic N) is 2. The van der Waals surface area contributed by atoms with Crippen LogP contribution in [0, 0.1) is 11.8 Å². The van der Waals surface area contributed by atoms with Gasteiger partial charge in [0.15, 0.2) is 0 Å². The zero-order valence-electron chi connectivity index (χ0n) is 15.6. The molecule has 3 rings (SSSR count). The molecular weight excluding hydrogens is 416 g/mol. The summed E-state index contributed by atoms with van der Waals surface area (Å²) < 4.78 is 6.59. The van der Waals surface area contributed by atoms with E-state index in [1.165, 1.54) is 0 Å². The number of hydrogen-bond acceptors (Lipinski definition) is 4. The molecule has 1 fully saturated rings. The van der Waals surface area contributed by atoms with Gasteiger partial charge in [0.25, 0.3) is 0 Å². The van der Waals surface area contributed by atoms with Gasteiger partial charge in [-0.15, -0.1) is 0 Å². The average molecular weight is 440 g/mol. The summed E-state index contributed by atoms with van der Waals surface area (Å²) in [7, 11) is 0. The van der Waals surface area contributed by atoms with Gasteiger partial charge in [0.1, 0.15) is 5.60 Å². The molecule has 1 aromatic carbocycles. The van der Waals surface area contributed by atoms with E-state index in [0.29, 0.717) is 5.02 Å². The molecule has 1 aliphatic rings. The molecule has 1 aliphatic heterocycles. The lowest BCUT2D eigenvalue weighted by Crippen LogP contribution is -2.44. The quantitative estimate of drug-likeness (QED) is 0.583. The van der Waals surface area contributed by atoms with Crippen molar-refractivity contribution < 1.29 is 9.53 Å². The summed E-state index contributed by atoms with van der Waals surface area (Å²) in [5.41, 5.74) is 1.45. The summed E-state index contributed by atoms with van der Waals surface area (Å²) in [6, 6.07) is 6.03. The second kappa shape index (κ2) is 7.35. The van der Waals surface area contributed by atoms with Crippen LogP contribution in [-0.4, -0.2) is 29.6 Å². The molecule has 1 saturated heterocycles. The Hall–Kier alpha value is -1.33. The van der Waals surface area contributed by atoms with Crippen LogP contribution >= 0.6 is 27.5 Å². The maximum absolute atomic E-state index is 12.5. The summed E-state index contributed by atoms with van der Waals surface area (Å²) in [4.78, 5) is 19.2. The Morgan fingerprint density at radius 3 is 2.77 bits per heavy atom.